The van der Waals surface area contributed by atoms with E-state index in [0.717, 1.165) is 63.5 Å². The van der Waals surface area contributed by atoms with Gasteiger partial charge in [-0.1, -0.05) is 37.5 Å². The molecule has 276 valence electrons. The van der Waals surface area contributed by atoms with E-state index in [4.69, 9.17) is 20.3 Å². The summed E-state index contributed by atoms with van der Waals surface area (Å²) in [5.41, 5.74) is 7.85. The Balaban J connectivity index is 0.000000202. The van der Waals surface area contributed by atoms with Gasteiger partial charge in [0.1, 0.15) is 23.3 Å². The first-order valence-electron chi connectivity index (χ1n) is 16.8. The molecule has 4 N–H and O–H groups in total. The lowest BCUT2D eigenvalue weighted by Crippen LogP contribution is -2.36. The van der Waals surface area contributed by atoms with E-state index in [1.54, 1.807) is 24.3 Å². The van der Waals surface area contributed by atoms with Crippen LogP contribution in [0.2, 0.25) is 0 Å². The maximum absolute atomic E-state index is 13.6. The molecule has 0 radical (unpaired) electrons. The maximum atomic E-state index is 13.6. The number of hydrogen-bond acceptors (Lipinski definition) is 5. The van der Waals surface area contributed by atoms with Gasteiger partial charge in [-0.2, -0.15) is 0 Å². The first-order chi connectivity index (χ1) is 25.3. The summed E-state index contributed by atoms with van der Waals surface area (Å²) in [4.78, 5) is 22.9. The van der Waals surface area contributed by atoms with Crippen molar-refractivity contribution in [2.75, 3.05) is 39.5 Å². The molecule has 2 aliphatic heterocycles. The zero-order valence-corrected chi connectivity index (χ0v) is 29.4. The Bertz CT molecular complexity index is 2000. The van der Waals surface area contributed by atoms with Crippen LogP contribution in [0.3, 0.4) is 0 Å². The first-order valence-corrected chi connectivity index (χ1v) is 16.8. The molecule has 11 heteroatoms. The summed E-state index contributed by atoms with van der Waals surface area (Å²) in [6.07, 6.45) is 2.06. The molecule has 2 saturated heterocycles. The molecular weight excluding hydrogens is 688 g/mol. The first kappa shape index (κ1) is 40.3. The average molecular weight is 729 g/mol. The van der Waals surface area contributed by atoms with E-state index in [9.17, 15) is 27.2 Å². The second kappa shape index (κ2) is 18.9. The van der Waals surface area contributed by atoms with Crippen LogP contribution >= 0.6 is 0 Å². The van der Waals surface area contributed by atoms with Gasteiger partial charge >= 0.3 is 5.97 Å². The van der Waals surface area contributed by atoms with Crippen molar-refractivity contribution in [1.82, 2.24) is 5.32 Å². The van der Waals surface area contributed by atoms with Crippen LogP contribution in [-0.4, -0.2) is 56.5 Å². The zero-order valence-electron chi connectivity index (χ0n) is 29.4. The van der Waals surface area contributed by atoms with Gasteiger partial charge in [0, 0.05) is 59.4 Å². The number of halogens is 4. The van der Waals surface area contributed by atoms with Crippen LogP contribution in [0.5, 0.6) is 0 Å². The summed E-state index contributed by atoms with van der Waals surface area (Å²) in [5, 5.41) is 11.7. The fourth-order valence-electron chi connectivity index (χ4n) is 4.98. The summed E-state index contributed by atoms with van der Waals surface area (Å²) >= 11 is 0. The van der Waals surface area contributed by atoms with E-state index in [0.29, 0.717) is 35.3 Å². The van der Waals surface area contributed by atoms with Crippen LogP contribution in [0.25, 0.3) is 0 Å². The fourth-order valence-corrected chi connectivity index (χ4v) is 4.98. The Morgan fingerprint density at radius 1 is 0.698 bits per heavy atom. The van der Waals surface area contributed by atoms with Crippen molar-refractivity contribution < 1.29 is 41.7 Å². The van der Waals surface area contributed by atoms with Crippen LogP contribution in [-0.2, 0) is 9.47 Å². The number of hydrogen-bond donors (Lipinski definition) is 3. The predicted octanol–water partition coefficient (Wildman–Crippen LogP) is 6.96. The molecule has 6 rings (SSSR count). The third-order valence-corrected chi connectivity index (χ3v) is 8.59. The summed E-state index contributed by atoms with van der Waals surface area (Å²) in [6.45, 7) is 8.71. The number of amides is 1. The average Bonchev–Trinajstić information content (AvgIpc) is 3.79. The van der Waals surface area contributed by atoms with E-state index in [-0.39, 0.29) is 28.0 Å². The lowest BCUT2D eigenvalue weighted by Gasteiger charge is -2.21. The molecule has 0 spiro atoms. The molecule has 2 heterocycles. The molecule has 2 atom stereocenters. The molecular formula is C42H40F4N2O5. The number of ether oxygens (including phenoxy) is 2. The minimum absolute atomic E-state index is 0.0136. The van der Waals surface area contributed by atoms with E-state index in [1.165, 1.54) is 36.4 Å². The van der Waals surface area contributed by atoms with Crippen molar-refractivity contribution in [1.29, 1.82) is 0 Å². The van der Waals surface area contributed by atoms with Crippen LogP contribution in [0.1, 0.15) is 69.7 Å². The summed E-state index contributed by atoms with van der Waals surface area (Å²) < 4.78 is 63.0. The molecule has 2 aliphatic rings. The van der Waals surface area contributed by atoms with Gasteiger partial charge in [0.25, 0.3) is 5.91 Å². The van der Waals surface area contributed by atoms with E-state index < -0.39 is 29.2 Å². The Kier molecular flexibility index (Phi) is 14.3. The van der Waals surface area contributed by atoms with E-state index in [1.807, 2.05) is 0 Å². The molecule has 4 aromatic rings. The highest BCUT2D eigenvalue weighted by Gasteiger charge is 2.30. The third-order valence-electron chi connectivity index (χ3n) is 8.59. The lowest BCUT2D eigenvalue weighted by molar-refractivity contribution is 0.0696. The number of rotatable bonds is 5. The van der Waals surface area contributed by atoms with E-state index >= 15 is 0 Å². The number of carboxylic acids is 1. The summed E-state index contributed by atoms with van der Waals surface area (Å²) in [7, 11) is 0. The molecule has 53 heavy (non-hydrogen) atoms. The highest BCUT2D eigenvalue weighted by molar-refractivity contribution is 5.94. The van der Waals surface area contributed by atoms with Gasteiger partial charge < -0.3 is 25.6 Å². The molecule has 2 fully saturated rings. The Morgan fingerprint density at radius 3 is 1.53 bits per heavy atom. The largest absolute Gasteiger partial charge is 0.478 e. The van der Waals surface area contributed by atoms with Gasteiger partial charge in [0.15, 0.2) is 0 Å². The van der Waals surface area contributed by atoms with Crippen molar-refractivity contribution in [3.05, 3.63) is 142 Å². The Hall–Kier alpha value is -5.46. The quantitative estimate of drug-likeness (QED) is 0.152. The van der Waals surface area contributed by atoms with Gasteiger partial charge in [-0.3, -0.25) is 4.79 Å². The summed E-state index contributed by atoms with van der Waals surface area (Å²) in [5.74, 6) is 6.83. The van der Waals surface area contributed by atoms with Gasteiger partial charge in [0.05, 0.1) is 29.9 Å². The standard InChI is InChI=1S/C21H19F2NO2.C15H8F2O2.C6H13NO/c1-21(10-11-26-14-21)13-24-20(25)17-6-3-15(4-7-17)2-5-16-8-9-18(22)12-19(16)23;16-13-8-7-11(14(17)9-13)4-1-10-2-5-12(6-3-10)15(18)19;1-6(4-7)2-3-8-5-6/h3-4,6-9,12H,10-11,13-14H2,1H3,(H,24,25);2-3,5-9H,(H,18,19);2-5,7H2,1H3. The maximum Gasteiger partial charge on any atom is 0.335 e. The highest BCUT2D eigenvalue weighted by Crippen LogP contribution is 2.27. The van der Waals surface area contributed by atoms with Gasteiger partial charge in [-0.05, 0) is 92.2 Å². The molecule has 0 saturated carbocycles. The minimum atomic E-state index is -1.02. The second-order valence-corrected chi connectivity index (χ2v) is 13.3. The third kappa shape index (κ3) is 12.6. The van der Waals surface area contributed by atoms with Crippen molar-refractivity contribution in [3.63, 3.8) is 0 Å². The minimum Gasteiger partial charge on any atom is -0.478 e. The van der Waals surface area contributed by atoms with Crippen LogP contribution < -0.4 is 11.1 Å². The van der Waals surface area contributed by atoms with Crippen molar-refractivity contribution in [2.24, 2.45) is 16.6 Å². The van der Waals surface area contributed by atoms with Crippen molar-refractivity contribution in [3.8, 4) is 23.7 Å². The number of carbonyl (C=O) groups excluding carboxylic acids is 1. The smallest absolute Gasteiger partial charge is 0.335 e. The molecule has 7 nitrogen and oxygen atoms in total. The monoisotopic (exact) mass is 728 g/mol. The number of aromatic carboxylic acids is 1. The molecule has 1 amide bonds. The molecule has 4 aromatic carbocycles. The van der Waals surface area contributed by atoms with Crippen LogP contribution in [0.4, 0.5) is 17.6 Å². The van der Waals surface area contributed by atoms with Crippen LogP contribution in [0.15, 0.2) is 84.9 Å². The fraction of sp³-hybridized carbons (Fsp3) is 0.286. The van der Waals surface area contributed by atoms with Crippen LogP contribution in [0, 0.1) is 57.8 Å². The molecule has 0 aromatic heterocycles. The van der Waals surface area contributed by atoms with E-state index in [2.05, 4.69) is 42.8 Å². The number of nitrogens with two attached hydrogens (primary N) is 1. The zero-order chi connectivity index (χ0) is 38.4. The molecule has 0 aliphatic carbocycles. The number of nitrogens with one attached hydrogen (secondary N) is 1. The predicted molar refractivity (Wildman–Crippen MR) is 193 cm³/mol. The number of carbonyl (C=O) groups is 2. The Labute approximate surface area is 306 Å². The van der Waals surface area contributed by atoms with Gasteiger partial charge in [-0.25, -0.2) is 22.4 Å². The van der Waals surface area contributed by atoms with Gasteiger partial charge in [-0.15, -0.1) is 0 Å². The van der Waals surface area contributed by atoms with Gasteiger partial charge in [0.2, 0.25) is 0 Å². The number of benzene rings is 4. The Morgan fingerprint density at radius 2 is 1.15 bits per heavy atom. The normalized spacial score (nSPS) is 18.5. The second-order valence-electron chi connectivity index (χ2n) is 13.3. The topological polar surface area (TPSA) is 111 Å². The molecule has 2 unspecified atom stereocenters. The lowest BCUT2D eigenvalue weighted by atomic mass is 9.90. The summed E-state index contributed by atoms with van der Waals surface area (Å²) in [6, 6.07) is 19.0. The van der Waals surface area contributed by atoms with Crippen molar-refractivity contribution in [2.45, 2.75) is 26.7 Å². The number of carboxylic acid groups (broad SMARTS) is 1. The molecule has 0 bridgehead atoms. The SMILES string of the molecule is CC1(CN)CCOC1.CC1(CNC(=O)c2ccc(C#Cc3ccc(F)cc3F)cc2)CCOC1.O=C(O)c1ccc(C#Cc2ccc(F)cc2F)cc1. The highest BCUT2D eigenvalue weighted by atomic mass is 19.1. The van der Waals surface area contributed by atoms with Crippen molar-refractivity contribution >= 4 is 11.9 Å².